The lowest BCUT2D eigenvalue weighted by Crippen LogP contribution is -2.37. The smallest absolute Gasteiger partial charge is 0.410 e. The Kier molecular flexibility index (Phi) is 5.26. The molecule has 8 heteroatoms. The van der Waals surface area contributed by atoms with E-state index in [1.165, 1.54) is 6.08 Å². The summed E-state index contributed by atoms with van der Waals surface area (Å²) in [5.41, 5.74) is 1.63. The van der Waals surface area contributed by atoms with E-state index in [-0.39, 0.29) is 12.0 Å². The van der Waals surface area contributed by atoms with Crippen LogP contribution >= 0.6 is 0 Å². The maximum Gasteiger partial charge on any atom is 0.410 e. The fourth-order valence-electron chi connectivity index (χ4n) is 4.20. The quantitative estimate of drug-likeness (QED) is 0.758. The van der Waals surface area contributed by atoms with Gasteiger partial charge in [-0.05, 0) is 69.6 Å². The van der Waals surface area contributed by atoms with E-state index >= 15 is 0 Å². The van der Waals surface area contributed by atoms with Crippen molar-refractivity contribution in [2.24, 2.45) is 17.8 Å². The van der Waals surface area contributed by atoms with Gasteiger partial charge in [0.1, 0.15) is 5.60 Å². The van der Waals surface area contributed by atoms with Crippen molar-refractivity contribution in [3.05, 3.63) is 29.6 Å². The molecule has 1 N–H and O–H groups in total. The van der Waals surface area contributed by atoms with Gasteiger partial charge in [-0.15, -0.1) is 0 Å². The van der Waals surface area contributed by atoms with Crippen molar-refractivity contribution in [3.63, 3.8) is 0 Å². The second kappa shape index (κ2) is 7.74. The average Bonchev–Trinajstić information content (AvgIpc) is 3.01. The molecule has 0 bridgehead atoms. The van der Waals surface area contributed by atoms with Gasteiger partial charge in [0.15, 0.2) is 0 Å². The lowest BCUT2D eigenvalue weighted by molar-refractivity contribution is -0.116. The van der Waals surface area contributed by atoms with Gasteiger partial charge in [-0.3, -0.25) is 4.79 Å². The lowest BCUT2D eigenvalue weighted by Gasteiger charge is -2.25. The fourth-order valence-corrected chi connectivity index (χ4v) is 4.20. The number of carbonyl (C=O) groups is 2. The minimum atomic E-state index is -0.461. The van der Waals surface area contributed by atoms with Crippen LogP contribution in [-0.2, 0) is 9.53 Å². The molecule has 2 fully saturated rings. The van der Waals surface area contributed by atoms with Crippen molar-refractivity contribution < 1.29 is 18.8 Å². The number of likely N-dealkylation sites (tertiary alicyclic amines) is 1. The molecule has 4 rings (SSSR count). The first kappa shape index (κ1) is 20.4. The normalized spacial score (nSPS) is 23.1. The molecule has 1 aliphatic carbocycles. The molecular formula is C22H28N4O4. The number of aryl methyl sites for hydroxylation is 1. The number of amides is 2. The molecule has 2 aromatic rings. The van der Waals surface area contributed by atoms with Crippen LogP contribution in [0.5, 0.6) is 0 Å². The van der Waals surface area contributed by atoms with E-state index in [9.17, 15) is 9.59 Å². The Morgan fingerprint density at radius 1 is 1.33 bits per heavy atom. The predicted octanol–water partition coefficient (Wildman–Crippen LogP) is 3.16. The molecule has 0 radical (unpaired) electrons. The van der Waals surface area contributed by atoms with Gasteiger partial charge in [0.05, 0.1) is 11.1 Å². The number of nitrogens with one attached hydrogen (secondary N) is 1. The van der Waals surface area contributed by atoms with E-state index in [0.717, 1.165) is 36.2 Å². The number of pyridine rings is 1. The summed E-state index contributed by atoms with van der Waals surface area (Å²) in [4.78, 5) is 30.2. The fraction of sp³-hybridized carbons (Fsp3) is 0.545. The standard InChI is InChI=1S/C22H28N4O4/c1-13-16-9-14(10-24-20(16)30-25-13)5-6-19(27)23-8-7-15-17-11-26(12-18(15)17)21(28)29-22(2,3)4/h5-6,9-10,15,17-18H,7-8,11-12H2,1-4H3,(H,23,27)/b6-5+/t15?,17-,18+. The molecule has 1 aliphatic heterocycles. The Morgan fingerprint density at radius 2 is 2.07 bits per heavy atom. The maximum atomic E-state index is 12.1. The van der Waals surface area contributed by atoms with Gasteiger partial charge >= 0.3 is 6.09 Å². The van der Waals surface area contributed by atoms with Gasteiger partial charge in [-0.25, -0.2) is 9.78 Å². The number of fused-ring (bicyclic) bond motifs is 2. The van der Waals surface area contributed by atoms with Crippen molar-refractivity contribution in [2.45, 2.75) is 39.7 Å². The molecule has 1 saturated carbocycles. The molecule has 0 aromatic carbocycles. The molecule has 1 unspecified atom stereocenters. The van der Waals surface area contributed by atoms with Crippen LogP contribution in [0.1, 0.15) is 38.4 Å². The molecule has 0 spiro atoms. The van der Waals surface area contributed by atoms with Crippen LogP contribution < -0.4 is 5.32 Å². The highest BCUT2D eigenvalue weighted by molar-refractivity contribution is 5.92. The molecule has 1 saturated heterocycles. The largest absolute Gasteiger partial charge is 0.444 e. The second-order valence-electron chi connectivity index (χ2n) is 9.18. The Labute approximate surface area is 175 Å². The third-order valence-corrected chi connectivity index (χ3v) is 5.76. The van der Waals surface area contributed by atoms with Gasteiger partial charge in [0.25, 0.3) is 5.71 Å². The number of aromatic nitrogens is 2. The van der Waals surface area contributed by atoms with Crippen molar-refractivity contribution in [1.82, 2.24) is 20.4 Å². The van der Waals surface area contributed by atoms with E-state index < -0.39 is 5.60 Å². The third-order valence-electron chi connectivity index (χ3n) is 5.76. The van der Waals surface area contributed by atoms with Gasteiger partial charge in [-0.1, -0.05) is 5.16 Å². The van der Waals surface area contributed by atoms with Gasteiger partial charge in [0.2, 0.25) is 5.91 Å². The van der Waals surface area contributed by atoms with E-state index in [0.29, 0.717) is 30.0 Å². The summed E-state index contributed by atoms with van der Waals surface area (Å²) in [6, 6.07) is 1.90. The van der Waals surface area contributed by atoms with Gasteiger partial charge in [0, 0.05) is 31.9 Å². The molecule has 2 aliphatic rings. The molecule has 3 heterocycles. The summed E-state index contributed by atoms with van der Waals surface area (Å²) in [6.07, 6.45) is 5.62. The van der Waals surface area contributed by atoms with Crippen molar-refractivity contribution in [3.8, 4) is 0 Å². The Morgan fingerprint density at radius 3 is 2.77 bits per heavy atom. The summed E-state index contributed by atoms with van der Waals surface area (Å²) in [7, 11) is 0. The third kappa shape index (κ3) is 4.47. The van der Waals surface area contributed by atoms with Crippen LogP contribution in [0.3, 0.4) is 0 Å². The molecule has 3 atom stereocenters. The Balaban J connectivity index is 1.18. The zero-order valence-corrected chi connectivity index (χ0v) is 17.8. The highest BCUT2D eigenvalue weighted by Gasteiger charge is 2.56. The monoisotopic (exact) mass is 412 g/mol. The maximum absolute atomic E-state index is 12.1. The number of rotatable bonds is 5. The van der Waals surface area contributed by atoms with Crippen molar-refractivity contribution in [2.75, 3.05) is 19.6 Å². The Hall–Kier alpha value is -2.90. The number of hydrogen-bond acceptors (Lipinski definition) is 6. The SMILES string of the molecule is Cc1noc2ncc(/C=C/C(=O)NCCC3[C@H]4CN(C(=O)OC(C)(C)C)C[C@@H]34)cc12. The van der Waals surface area contributed by atoms with Gasteiger partial charge < -0.3 is 19.5 Å². The summed E-state index contributed by atoms with van der Waals surface area (Å²) in [5.74, 6) is 1.53. The first-order chi connectivity index (χ1) is 14.2. The van der Waals surface area contributed by atoms with Crippen LogP contribution in [0, 0.1) is 24.7 Å². The summed E-state index contributed by atoms with van der Waals surface area (Å²) < 4.78 is 10.5. The van der Waals surface area contributed by atoms with Crippen molar-refractivity contribution >= 4 is 29.2 Å². The highest BCUT2D eigenvalue weighted by Crippen LogP contribution is 2.53. The minimum absolute atomic E-state index is 0.127. The van der Waals surface area contributed by atoms with Crippen LogP contribution in [0.15, 0.2) is 22.9 Å². The second-order valence-corrected chi connectivity index (χ2v) is 9.18. The number of carbonyl (C=O) groups excluding carboxylic acids is 2. The van der Waals surface area contributed by atoms with E-state index in [4.69, 9.17) is 9.26 Å². The minimum Gasteiger partial charge on any atom is -0.444 e. The first-order valence-corrected chi connectivity index (χ1v) is 10.4. The number of ether oxygens (including phenoxy) is 1. The van der Waals surface area contributed by atoms with Crippen LogP contribution in [0.2, 0.25) is 0 Å². The zero-order valence-electron chi connectivity index (χ0n) is 17.8. The summed E-state index contributed by atoms with van der Waals surface area (Å²) >= 11 is 0. The number of nitrogens with zero attached hydrogens (tertiary/aromatic N) is 3. The average molecular weight is 412 g/mol. The predicted molar refractivity (Wildman–Crippen MR) is 111 cm³/mol. The summed E-state index contributed by atoms with van der Waals surface area (Å²) in [6.45, 7) is 9.65. The number of hydrogen-bond donors (Lipinski definition) is 1. The zero-order chi connectivity index (χ0) is 21.5. The molecule has 30 heavy (non-hydrogen) atoms. The van der Waals surface area contributed by atoms with Crippen LogP contribution in [-0.4, -0.2) is 52.3 Å². The molecule has 2 aromatic heterocycles. The summed E-state index contributed by atoms with van der Waals surface area (Å²) in [5, 5.41) is 7.66. The first-order valence-electron chi connectivity index (χ1n) is 10.4. The van der Waals surface area contributed by atoms with E-state index in [2.05, 4.69) is 15.5 Å². The van der Waals surface area contributed by atoms with Crippen LogP contribution in [0.25, 0.3) is 17.2 Å². The van der Waals surface area contributed by atoms with Crippen molar-refractivity contribution in [1.29, 1.82) is 0 Å². The molecule has 8 nitrogen and oxygen atoms in total. The number of piperidine rings is 1. The Bertz CT molecular complexity index is 979. The highest BCUT2D eigenvalue weighted by atomic mass is 16.6. The topological polar surface area (TPSA) is 97.6 Å². The van der Waals surface area contributed by atoms with E-state index in [1.54, 1.807) is 17.2 Å². The molecule has 2 amide bonds. The van der Waals surface area contributed by atoms with Gasteiger partial charge in [-0.2, -0.15) is 0 Å². The molecular weight excluding hydrogens is 384 g/mol. The van der Waals surface area contributed by atoms with Crippen LogP contribution in [0.4, 0.5) is 4.79 Å². The lowest BCUT2D eigenvalue weighted by atomic mass is 10.2. The molecule has 160 valence electrons. The van der Waals surface area contributed by atoms with E-state index in [1.807, 2.05) is 33.8 Å².